The fourth-order valence-electron chi connectivity index (χ4n) is 6.28. The van der Waals surface area contributed by atoms with Gasteiger partial charge in [0.1, 0.15) is 11.9 Å². The van der Waals surface area contributed by atoms with Gasteiger partial charge in [0.05, 0.1) is 18.0 Å². The Morgan fingerprint density at radius 2 is 1.78 bits per heavy atom. The second-order valence-corrected chi connectivity index (χ2v) is 13.2. The maximum atomic E-state index is 15.8. The summed E-state index contributed by atoms with van der Waals surface area (Å²) in [6.45, 7) is 11.5. The molecule has 0 saturated carbocycles. The Morgan fingerprint density at radius 1 is 1.13 bits per heavy atom. The number of halogens is 4. The van der Waals surface area contributed by atoms with E-state index in [9.17, 15) is 32.7 Å². The van der Waals surface area contributed by atoms with Crippen molar-refractivity contribution in [1.29, 1.82) is 0 Å². The summed E-state index contributed by atoms with van der Waals surface area (Å²) in [5.74, 6) is -2.59. The number of hydrogen-bond donors (Lipinski definition) is 2. The molecule has 11 heteroatoms. The number of nitrogens with zero attached hydrogens (tertiary/aromatic N) is 2. The average Bonchev–Trinajstić information content (AvgIpc) is 2.90. The van der Waals surface area contributed by atoms with Gasteiger partial charge in [0.25, 0.3) is 5.56 Å². The van der Waals surface area contributed by atoms with Crippen LogP contribution in [0, 0.1) is 24.6 Å². The van der Waals surface area contributed by atoms with Crippen LogP contribution in [0.15, 0.2) is 46.4 Å². The molecule has 1 aromatic heterocycles. The molecule has 0 bridgehead atoms. The molecule has 0 spiro atoms. The van der Waals surface area contributed by atoms with E-state index in [0.717, 1.165) is 33.9 Å². The maximum absolute atomic E-state index is 15.8. The van der Waals surface area contributed by atoms with Gasteiger partial charge in [0.2, 0.25) is 5.91 Å². The van der Waals surface area contributed by atoms with Gasteiger partial charge in [-0.2, -0.15) is 13.2 Å². The molecule has 1 aliphatic rings. The molecule has 3 rings (SSSR count). The Bertz CT molecular complexity index is 1590. The summed E-state index contributed by atoms with van der Waals surface area (Å²) < 4.78 is 58.5. The third-order valence-corrected chi connectivity index (χ3v) is 8.26. The monoisotopic (exact) mass is 647 g/mol. The van der Waals surface area contributed by atoms with E-state index in [1.165, 1.54) is 0 Å². The van der Waals surface area contributed by atoms with E-state index in [-0.39, 0.29) is 42.0 Å². The van der Waals surface area contributed by atoms with Gasteiger partial charge in [0, 0.05) is 24.4 Å². The summed E-state index contributed by atoms with van der Waals surface area (Å²) in [4.78, 5) is 40.8. The average molecular weight is 648 g/mol. The predicted octanol–water partition coefficient (Wildman–Crippen LogP) is 7.10. The van der Waals surface area contributed by atoms with E-state index in [1.807, 2.05) is 13.8 Å². The first-order valence-corrected chi connectivity index (χ1v) is 15.5. The molecule has 2 aromatic rings. The Hall–Kier alpha value is -3.73. The Balaban J connectivity index is 2.13. The fourth-order valence-corrected chi connectivity index (χ4v) is 6.28. The molecular formula is C35H45F4N3O4. The number of aryl methyl sites for hydroxylation is 1. The number of likely N-dealkylation sites (N-methyl/N-ethyl adjacent to an activating group) is 1. The molecule has 0 aliphatic heterocycles. The highest BCUT2D eigenvalue weighted by atomic mass is 19.4. The minimum Gasteiger partial charge on any atom is -0.481 e. The molecule has 1 amide bonds. The first kappa shape index (κ1) is 36.7. The van der Waals surface area contributed by atoms with Crippen molar-refractivity contribution in [3.63, 3.8) is 0 Å². The molecule has 7 nitrogen and oxygen atoms in total. The van der Waals surface area contributed by atoms with Crippen molar-refractivity contribution < 1.29 is 32.3 Å². The SMILES string of the molecule is CC1=CC(C)CC(C)=C1c1cc(C)c(F)c(C(CC(=O)O)NC(=O)C(CC(C)C)n2cc(CCN(C)C)c(C(F)(F)F)cc2=O)c1. The standard InChI is InChI=1S/C35H45F4N3O4/c1-19(2)11-29(42-18-24(9-10-41(7)8)27(16-30(42)43)35(37,38)39)34(46)40-28(17-31(44)45)26-15-25(14-23(6)33(26)36)32-21(4)12-20(3)13-22(32)5/h12,14-16,18-20,28-29H,9-11,13,17H2,1-8H3,(H,40,46)(H,44,45). The minimum atomic E-state index is -4.78. The van der Waals surface area contributed by atoms with Crippen LogP contribution in [-0.4, -0.2) is 47.1 Å². The van der Waals surface area contributed by atoms with E-state index in [2.05, 4.69) is 18.3 Å². The van der Waals surface area contributed by atoms with E-state index in [4.69, 9.17) is 0 Å². The number of carboxylic acids is 1. The third-order valence-electron chi connectivity index (χ3n) is 8.26. The minimum absolute atomic E-state index is 0.0211. The summed E-state index contributed by atoms with van der Waals surface area (Å²) >= 11 is 0. The largest absolute Gasteiger partial charge is 0.481 e. The quantitative estimate of drug-likeness (QED) is 0.240. The zero-order chi connectivity index (χ0) is 34.7. The number of aliphatic carboxylic acids is 1. The highest BCUT2D eigenvalue weighted by molar-refractivity contribution is 5.84. The summed E-state index contributed by atoms with van der Waals surface area (Å²) in [5.41, 5.74) is 1.76. The molecule has 1 heterocycles. The highest BCUT2D eigenvalue weighted by Crippen LogP contribution is 2.38. The number of allylic oxidation sites excluding steroid dienone is 4. The second kappa shape index (κ2) is 14.8. The Labute approximate surface area is 268 Å². The molecule has 1 aromatic carbocycles. The lowest BCUT2D eigenvalue weighted by Gasteiger charge is -2.27. The highest BCUT2D eigenvalue weighted by Gasteiger charge is 2.36. The van der Waals surface area contributed by atoms with Crippen LogP contribution in [0.1, 0.15) is 93.8 Å². The number of hydrogen-bond acceptors (Lipinski definition) is 4. The van der Waals surface area contributed by atoms with Gasteiger partial charge in [-0.05, 0) is 106 Å². The van der Waals surface area contributed by atoms with Crippen molar-refractivity contribution in [3.05, 3.63) is 85.6 Å². The number of benzene rings is 1. The Kier molecular flexibility index (Phi) is 11.8. The van der Waals surface area contributed by atoms with Gasteiger partial charge in [-0.25, -0.2) is 4.39 Å². The smallest absolute Gasteiger partial charge is 0.416 e. The van der Waals surface area contributed by atoms with Gasteiger partial charge in [-0.1, -0.05) is 32.4 Å². The number of pyridine rings is 1. The number of rotatable bonds is 12. The molecule has 2 N–H and O–H groups in total. The Morgan fingerprint density at radius 3 is 2.33 bits per heavy atom. The van der Waals surface area contributed by atoms with Crippen molar-refractivity contribution in [2.24, 2.45) is 11.8 Å². The van der Waals surface area contributed by atoms with E-state index >= 15 is 4.39 Å². The van der Waals surface area contributed by atoms with Gasteiger partial charge in [-0.15, -0.1) is 0 Å². The first-order valence-electron chi connectivity index (χ1n) is 15.5. The number of alkyl halides is 3. The molecular weight excluding hydrogens is 602 g/mol. The third kappa shape index (κ3) is 8.96. The number of carboxylic acid groups (broad SMARTS) is 1. The van der Waals surface area contributed by atoms with Crippen LogP contribution in [0.5, 0.6) is 0 Å². The normalized spacial score (nSPS) is 16.9. The topological polar surface area (TPSA) is 91.6 Å². The van der Waals surface area contributed by atoms with Crippen molar-refractivity contribution in [1.82, 2.24) is 14.8 Å². The van der Waals surface area contributed by atoms with Crippen LogP contribution in [0.4, 0.5) is 17.6 Å². The number of aromatic nitrogens is 1. The molecule has 1 aliphatic carbocycles. The van der Waals surface area contributed by atoms with Gasteiger partial charge >= 0.3 is 12.1 Å². The predicted molar refractivity (Wildman–Crippen MR) is 171 cm³/mol. The van der Waals surface area contributed by atoms with Gasteiger partial charge in [0.15, 0.2) is 0 Å². The lowest BCUT2D eigenvalue weighted by Crippen LogP contribution is -2.41. The van der Waals surface area contributed by atoms with Crippen molar-refractivity contribution in [2.75, 3.05) is 20.6 Å². The van der Waals surface area contributed by atoms with Crippen molar-refractivity contribution in [3.8, 4) is 0 Å². The fraction of sp³-hybridized carbons (Fsp3) is 0.514. The van der Waals surface area contributed by atoms with Crippen LogP contribution < -0.4 is 10.9 Å². The van der Waals surface area contributed by atoms with Crippen LogP contribution >= 0.6 is 0 Å². The zero-order valence-electron chi connectivity index (χ0n) is 27.8. The van der Waals surface area contributed by atoms with Crippen LogP contribution in [-0.2, 0) is 22.2 Å². The summed E-state index contributed by atoms with van der Waals surface area (Å²) in [6, 6.07) is 1.17. The van der Waals surface area contributed by atoms with Gasteiger partial charge < -0.3 is 19.9 Å². The molecule has 0 saturated heterocycles. The van der Waals surface area contributed by atoms with E-state index in [1.54, 1.807) is 51.9 Å². The van der Waals surface area contributed by atoms with Crippen LogP contribution in [0.2, 0.25) is 0 Å². The lowest BCUT2D eigenvalue weighted by molar-refractivity contribution is -0.139. The lowest BCUT2D eigenvalue weighted by atomic mass is 9.82. The molecule has 252 valence electrons. The van der Waals surface area contributed by atoms with Crippen LogP contribution in [0.25, 0.3) is 5.57 Å². The van der Waals surface area contributed by atoms with Crippen molar-refractivity contribution in [2.45, 2.75) is 85.5 Å². The second-order valence-electron chi connectivity index (χ2n) is 13.2. The summed E-state index contributed by atoms with van der Waals surface area (Å²) in [7, 11) is 3.42. The summed E-state index contributed by atoms with van der Waals surface area (Å²) in [5, 5.41) is 12.4. The number of carbonyl (C=O) groups is 2. The van der Waals surface area contributed by atoms with E-state index < -0.39 is 53.5 Å². The molecule has 0 fully saturated rings. The molecule has 0 radical (unpaired) electrons. The molecule has 3 unspecified atom stereocenters. The molecule has 3 atom stereocenters. The van der Waals surface area contributed by atoms with Crippen molar-refractivity contribution >= 4 is 17.4 Å². The number of amides is 1. The van der Waals surface area contributed by atoms with Gasteiger partial charge in [-0.3, -0.25) is 14.4 Å². The zero-order valence-corrected chi connectivity index (χ0v) is 27.8. The van der Waals surface area contributed by atoms with E-state index in [0.29, 0.717) is 17.5 Å². The number of carbonyl (C=O) groups excluding carboxylic acids is 1. The maximum Gasteiger partial charge on any atom is 0.416 e. The van der Waals surface area contributed by atoms with Crippen LogP contribution in [0.3, 0.4) is 0 Å². The number of nitrogens with one attached hydrogen (secondary N) is 1. The first-order chi connectivity index (χ1) is 21.3. The summed E-state index contributed by atoms with van der Waals surface area (Å²) in [6.07, 6.45) is -1.38. The molecule has 46 heavy (non-hydrogen) atoms.